The van der Waals surface area contributed by atoms with Crippen LogP contribution in [0.4, 0.5) is 0 Å². The lowest BCUT2D eigenvalue weighted by Crippen LogP contribution is -2.45. The zero-order valence-corrected chi connectivity index (χ0v) is 19.4. The third-order valence-electron chi connectivity index (χ3n) is 4.62. The Morgan fingerprint density at radius 1 is 1.32 bits per heavy atom. The minimum Gasteiger partial charge on any atom is -0.354 e. The smallest absolute Gasteiger partial charge is 0.191 e. The van der Waals surface area contributed by atoms with Gasteiger partial charge < -0.3 is 15.5 Å². The lowest BCUT2D eigenvalue weighted by molar-refractivity contribution is 0.298. The van der Waals surface area contributed by atoms with Crippen LogP contribution in [0.5, 0.6) is 0 Å². The van der Waals surface area contributed by atoms with Gasteiger partial charge in [-0.15, -0.1) is 24.0 Å². The third-order valence-corrected chi connectivity index (χ3v) is 5.97. The molecule has 0 amide bonds. The van der Waals surface area contributed by atoms with E-state index in [1.807, 2.05) is 30.9 Å². The summed E-state index contributed by atoms with van der Waals surface area (Å²) in [6, 6.07) is 8.86. The van der Waals surface area contributed by atoms with Gasteiger partial charge >= 0.3 is 0 Å². The summed E-state index contributed by atoms with van der Waals surface area (Å²) in [6.45, 7) is 0.799. The fourth-order valence-electron chi connectivity index (χ4n) is 3.15. The molecule has 0 bridgehead atoms. The lowest BCUT2D eigenvalue weighted by atomic mass is 10.1. The Balaban J connectivity index is 0.00000312. The first-order valence-electron chi connectivity index (χ1n) is 8.45. The van der Waals surface area contributed by atoms with Gasteiger partial charge in [0.2, 0.25) is 0 Å². The molecule has 0 saturated heterocycles. The van der Waals surface area contributed by atoms with Crippen molar-refractivity contribution in [1.29, 1.82) is 0 Å². The first-order chi connectivity index (χ1) is 11.5. The SMILES string of the molecule is CN=C(NCC(c1ccc(Cl)cc1)N(C)C)NC1CCC(SC)C1.I. The molecule has 0 aromatic heterocycles. The van der Waals surface area contributed by atoms with Crippen LogP contribution in [0.1, 0.15) is 30.9 Å². The van der Waals surface area contributed by atoms with Crippen LogP contribution >= 0.6 is 47.3 Å². The third kappa shape index (κ3) is 7.15. The van der Waals surface area contributed by atoms with Gasteiger partial charge in [-0.3, -0.25) is 4.99 Å². The summed E-state index contributed by atoms with van der Waals surface area (Å²) in [5.41, 5.74) is 1.25. The molecule has 2 N–H and O–H groups in total. The summed E-state index contributed by atoms with van der Waals surface area (Å²) in [7, 11) is 6.03. The van der Waals surface area contributed by atoms with E-state index in [2.05, 4.69) is 53.0 Å². The van der Waals surface area contributed by atoms with Crippen molar-refractivity contribution in [2.75, 3.05) is 33.9 Å². The fraction of sp³-hybridized carbons (Fsp3) is 0.611. The van der Waals surface area contributed by atoms with Crippen molar-refractivity contribution in [3.63, 3.8) is 0 Å². The molecule has 1 saturated carbocycles. The Kier molecular flexibility index (Phi) is 10.5. The van der Waals surface area contributed by atoms with Crippen molar-refractivity contribution in [2.24, 2.45) is 4.99 Å². The Hall–Kier alpha value is -0.180. The maximum atomic E-state index is 6.00. The molecule has 2 rings (SSSR count). The number of aliphatic imine (C=N–C) groups is 1. The van der Waals surface area contributed by atoms with Gasteiger partial charge in [0.1, 0.15) is 0 Å². The molecule has 142 valence electrons. The number of hydrogen-bond donors (Lipinski definition) is 2. The molecule has 4 nitrogen and oxygen atoms in total. The molecule has 1 aromatic carbocycles. The van der Waals surface area contributed by atoms with Gasteiger partial charge in [-0.05, 0) is 57.3 Å². The molecule has 25 heavy (non-hydrogen) atoms. The number of benzene rings is 1. The van der Waals surface area contributed by atoms with E-state index in [-0.39, 0.29) is 30.0 Å². The van der Waals surface area contributed by atoms with E-state index in [1.54, 1.807) is 0 Å². The van der Waals surface area contributed by atoms with Crippen LogP contribution in [0.25, 0.3) is 0 Å². The second kappa shape index (κ2) is 11.5. The van der Waals surface area contributed by atoms with Crippen molar-refractivity contribution >= 4 is 53.3 Å². The molecule has 3 unspecified atom stereocenters. The van der Waals surface area contributed by atoms with Crippen molar-refractivity contribution in [1.82, 2.24) is 15.5 Å². The molecule has 1 aromatic rings. The largest absolute Gasteiger partial charge is 0.354 e. The van der Waals surface area contributed by atoms with Gasteiger partial charge in [-0.25, -0.2) is 0 Å². The summed E-state index contributed by atoms with van der Waals surface area (Å²) in [5.74, 6) is 0.891. The van der Waals surface area contributed by atoms with Crippen LogP contribution in [0.2, 0.25) is 5.02 Å². The van der Waals surface area contributed by atoms with Crippen LogP contribution in [-0.4, -0.2) is 56.1 Å². The topological polar surface area (TPSA) is 39.7 Å². The molecule has 0 heterocycles. The predicted molar refractivity (Wildman–Crippen MR) is 123 cm³/mol. The van der Waals surface area contributed by atoms with E-state index in [4.69, 9.17) is 11.6 Å². The first-order valence-corrected chi connectivity index (χ1v) is 10.1. The molecule has 3 atom stereocenters. The number of halogens is 2. The number of guanidine groups is 1. The maximum Gasteiger partial charge on any atom is 0.191 e. The van der Waals surface area contributed by atoms with Gasteiger partial charge in [-0.1, -0.05) is 23.7 Å². The molecule has 1 aliphatic rings. The summed E-state index contributed by atoms with van der Waals surface area (Å²) >= 11 is 7.98. The summed E-state index contributed by atoms with van der Waals surface area (Å²) < 4.78 is 0. The monoisotopic (exact) mass is 496 g/mol. The highest BCUT2D eigenvalue weighted by molar-refractivity contribution is 14.0. The Morgan fingerprint density at radius 3 is 2.52 bits per heavy atom. The van der Waals surface area contributed by atoms with Crippen LogP contribution in [0.15, 0.2) is 29.3 Å². The van der Waals surface area contributed by atoms with Crippen molar-refractivity contribution in [3.05, 3.63) is 34.9 Å². The lowest BCUT2D eigenvalue weighted by Gasteiger charge is -2.27. The summed E-state index contributed by atoms with van der Waals surface area (Å²) in [5, 5.41) is 8.60. The molecular formula is C18H30ClIN4S. The number of nitrogens with one attached hydrogen (secondary N) is 2. The van der Waals surface area contributed by atoms with Crippen molar-refractivity contribution in [2.45, 2.75) is 36.6 Å². The minimum atomic E-state index is 0. The Labute approximate surface area is 178 Å². The molecule has 0 aliphatic heterocycles. The fourth-order valence-corrected chi connectivity index (χ4v) is 4.07. The van der Waals surface area contributed by atoms with Crippen LogP contribution in [0.3, 0.4) is 0 Å². The zero-order valence-electron chi connectivity index (χ0n) is 15.5. The zero-order chi connectivity index (χ0) is 17.5. The van der Waals surface area contributed by atoms with Crippen molar-refractivity contribution < 1.29 is 0 Å². The van der Waals surface area contributed by atoms with Gasteiger partial charge in [-0.2, -0.15) is 11.8 Å². The number of nitrogens with zero attached hydrogens (tertiary/aromatic N) is 2. The summed E-state index contributed by atoms with van der Waals surface area (Å²) in [6.07, 6.45) is 5.94. The van der Waals surface area contributed by atoms with Crippen LogP contribution in [0, 0.1) is 0 Å². The van der Waals surface area contributed by atoms with E-state index in [0.29, 0.717) is 6.04 Å². The molecular weight excluding hydrogens is 467 g/mol. The normalized spacial score (nSPS) is 21.8. The predicted octanol–water partition coefficient (Wildman–Crippen LogP) is 4.01. The standard InChI is InChI=1S/C18H29ClN4S.HI/c1-20-18(22-15-9-10-16(11-15)24-4)21-12-17(23(2)3)13-5-7-14(19)8-6-13;/h5-8,15-17H,9-12H2,1-4H3,(H2,20,21,22);1H. The van der Waals surface area contributed by atoms with Gasteiger partial charge in [0.05, 0.1) is 6.04 Å². The molecule has 1 aliphatic carbocycles. The first kappa shape index (κ1) is 22.9. The van der Waals surface area contributed by atoms with E-state index in [0.717, 1.165) is 22.8 Å². The number of thioether (sulfide) groups is 1. The maximum absolute atomic E-state index is 6.00. The van der Waals surface area contributed by atoms with E-state index >= 15 is 0 Å². The molecule has 7 heteroatoms. The van der Waals surface area contributed by atoms with E-state index in [1.165, 1.54) is 24.8 Å². The Bertz CT molecular complexity index is 538. The molecule has 0 spiro atoms. The number of rotatable bonds is 6. The summed E-state index contributed by atoms with van der Waals surface area (Å²) in [4.78, 5) is 6.60. The minimum absolute atomic E-state index is 0. The van der Waals surface area contributed by atoms with Gasteiger partial charge in [0, 0.05) is 29.9 Å². The van der Waals surface area contributed by atoms with Gasteiger partial charge in [0.15, 0.2) is 5.96 Å². The highest BCUT2D eigenvalue weighted by Crippen LogP contribution is 2.28. The number of likely N-dealkylation sites (N-methyl/N-ethyl adjacent to an activating group) is 1. The number of hydrogen-bond acceptors (Lipinski definition) is 3. The second-order valence-electron chi connectivity index (χ2n) is 6.50. The molecule has 0 radical (unpaired) electrons. The van der Waals surface area contributed by atoms with E-state index < -0.39 is 0 Å². The Morgan fingerprint density at radius 2 is 2.00 bits per heavy atom. The van der Waals surface area contributed by atoms with Crippen LogP contribution in [-0.2, 0) is 0 Å². The second-order valence-corrected chi connectivity index (χ2v) is 8.07. The highest BCUT2D eigenvalue weighted by Gasteiger charge is 2.24. The average Bonchev–Trinajstić information content (AvgIpc) is 3.03. The van der Waals surface area contributed by atoms with Crippen LogP contribution < -0.4 is 10.6 Å². The molecule has 1 fully saturated rings. The van der Waals surface area contributed by atoms with Gasteiger partial charge in [0.25, 0.3) is 0 Å². The quantitative estimate of drug-likeness (QED) is 0.355. The highest BCUT2D eigenvalue weighted by atomic mass is 127. The van der Waals surface area contributed by atoms with E-state index in [9.17, 15) is 0 Å². The average molecular weight is 497 g/mol. The van der Waals surface area contributed by atoms with Crippen molar-refractivity contribution in [3.8, 4) is 0 Å².